The van der Waals surface area contributed by atoms with Gasteiger partial charge in [-0.2, -0.15) is 0 Å². The Hall–Kier alpha value is -3.67. The van der Waals surface area contributed by atoms with Crippen molar-refractivity contribution >= 4 is 45.4 Å². The van der Waals surface area contributed by atoms with Gasteiger partial charge in [-0.15, -0.1) is 0 Å². The number of thiocarbonyl (C=S) groups is 1. The second-order valence-corrected chi connectivity index (χ2v) is 9.96. The summed E-state index contributed by atoms with van der Waals surface area (Å²) < 4.78 is 2.36. The van der Waals surface area contributed by atoms with E-state index in [1.165, 1.54) is 33.4 Å². The molecule has 6 heteroatoms. The molecule has 0 bridgehead atoms. The van der Waals surface area contributed by atoms with E-state index in [4.69, 9.17) is 28.8 Å². The molecule has 1 saturated heterocycles. The summed E-state index contributed by atoms with van der Waals surface area (Å²) in [6.45, 7) is 4.36. The van der Waals surface area contributed by atoms with Gasteiger partial charge in [0.15, 0.2) is 5.11 Å². The summed E-state index contributed by atoms with van der Waals surface area (Å²) in [5.41, 5.74) is 6.69. The van der Waals surface area contributed by atoms with E-state index in [-0.39, 0.29) is 12.1 Å². The van der Waals surface area contributed by atoms with Crippen molar-refractivity contribution in [2.45, 2.75) is 25.9 Å². The van der Waals surface area contributed by atoms with Gasteiger partial charge in [0.25, 0.3) is 0 Å². The van der Waals surface area contributed by atoms with E-state index in [2.05, 4.69) is 83.2 Å². The molecule has 36 heavy (non-hydrogen) atoms. The Morgan fingerprint density at radius 1 is 0.889 bits per heavy atom. The maximum absolute atomic E-state index is 6.22. The summed E-state index contributed by atoms with van der Waals surface area (Å²) in [6, 6.07) is 31.0. The van der Waals surface area contributed by atoms with Gasteiger partial charge in [0.05, 0.1) is 23.5 Å². The van der Waals surface area contributed by atoms with Crippen molar-refractivity contribution in [2.24, 2.45) is 0 Å². The molecule has 2 unspecified atom stereocenters. The van der Waals surface area contributed by atoms with Crippen LogP contribution in [-0.4, -0.2) is 14.7 Å². The van der Waals surface area contributed by atoms with Gasteiger partial charge < -0.3 is 14.8 Å². The number of hydrogen-bond acceptors (Lipinski definition) is 2. The minimum absolute atomic E-state index is 0.0801. The van der Waals surface area contributed by atoms with Crippen molar-refractivity contribution < 1.29 is 0 Å². The molecule has 1 aliphatic rings. The van der Waals surface area contributed by atoms with Crippen LogP contribution in [0.3, 0.4) is 0 Å². The first kappa shape index (κ1) is 22.8. The van der Waals surface area contributed by atoms with Gasteiger partial charge in [-0.25, -0.2) is 0 Å². The molecular weight excluding hydrogens is 484 g/mol. The van der Waals surface area contributed by atoms with Crippen LogP contribution in [0.15, 0.2) is 97.2 Å². The lowest BCUT2D eigenvalue weighted by molar-refractivity contribution is 0.565. The van der Waals surface area contributed by atoms with Crippen LogP contribution in [0.4, 0.5) is 5.69 Å². The summed E-state index contributed by atoms with van der Waals surface area (Å²) >= 11 is 12.1. The van der Waals surface area contributed by atoms with Gasteiger partial charge >= 0.3 is 0 Å². The van der Waals surface area contributed by atoms with Crippen LogP contribution < -0.4 is 10.2 Å². The molecule has 0 saturated carbocycles. The summed E-state index contributed by atoms with van der Waals surface area (Å²) in [5, 5.41) is 7.38. The zero-order valence-corrected chi connectivity index (χ0v) is 21.6. The molecule has 1 N–H and O–H groups in total. The first-order valence-corrected chi connectivity index (χ1v) is 12.7. The van der Waals surface area contributed by atoms with Crippen LogP contribution in [0.25, 0.3) is 16.5 Å². The topological polar surface area (TPSA) is 33.1 Å². The Morgan fingerprint density at radius 3 is 2.42 bits per heavy atom. The molecule has 2 aromatic heterocycles. The lowest BCUT2D eigenvalue weighted by atomic mass is 9.96. The molecule has 5 aromatic rings. The molecule has 2 atom stereocenters. The molecule has 178 valence electrons. The maximum atomic E-state index is 6.22. The van der Waals surface area contributed by atoms with Crippen molar-refractivity contribution in [2.75, 3.05) is 4.90 Å². The highest BCUT2D eigenvalue weighted by atomic mass is 35.5. The number of pyridine rings is 1. The molecule has 1 aliphatic heterocycles. The first-order chi connectivity index (χ1) is 17.5. The van der Waals surface area contributed by atoms with Gasteiger partial charge in [-0.1, -0.05) is 54.1 Å². The third-order valence-corrected chi connectivity index (χ3v) is 7.57. The minimum atomic E-state index is -0.101. The SMILES string of the molecule is Cc1cc(C2C(c3ccccn3)NC(=S)N2c2ccc(Cl)cc2)c(C)n1-c1cccc2ccccc12. The van der Waals surface area contributed by atoms with Gasteiger partial charge in [0.2, 0.25) is 0 Å². The number of benzene rings is 3. The molecule has 1 fully saturated rings. The summed E-state index contributed by atoms with van der Waals surface area (Å²) in [6.07, 6.45) is 1.83. The van der Waals surface area contributed by atoms with Crippen LogP contribution in [0.2, 0.25) is 5.02 Å². The lowest BCUT2D eigenvalue weighted by Crippen LogP contribution is -2.29. The number of fused-ring (bicyclic) bond motifs is 1. The van der Waals surface area contributed by atoms with Crippen LogP contribution in [0.5, 0.6) is 0 Å². The van der Waals surface area contributed by atoms with E-state index in [1.807, 2.05) is 42.6 Å². The monoisotopic (exact) mass is 508 g/mol. The number of aromatic nitrogens is 2. The molecule has 0 radical (unpaired) electrons. The molecule has 6 rings (SSSR count). The number of rotatable bonds is 4. The predicted molar refractivity (Wildman–Crippen MR) is 152 cm³/mol. The van der Waals surface area contributed by atoms with E-state index >= 15 is 0 Å². The number of halogens is 1. The summed E-state index contributed by atoms with van der Waals surface area (Å²) in [7, 11) is 0. The largest absolute Gasteiger partial charge is 0.351 e. The van der Waals surface area contributed by atoms with Gasteiger partial charge in [-0.05, 0) is 85.5 Å². The molecule has 0 spiro atoms. The van der Waals surface area contributed by atoms with E-state index in [9.17, 15) is 0 Å². The van der Waals surface area contributed by atoms with E-state index in [1.54, 1.807) is 0 Å². The number of nitrogens with zero attached hydrogens (tertiary/aromatic N) is 3. The van der Waals surface area contributed by atoms with Crippen LogP contribution in [0.1, 0.15) is 34.7 Å². The standard InChI is InChI=1S/C30H25ClN4S/c1-19-18-25(20(2)34(19)27-12-7-9-21-8-3-4-10-24(21)27)29-28(26-11-5-6-17-32-26)33-30(36)35(29)23-15-13-22(31)14-16-23/h3-18,28-29H,1-2H3,(H,33,36). The normalized spacial score (nSPS) is 17.5. The van der Waals surface area contributed by atoms with Crippen LogP contribution in [-0.2, 0) is 0 Å². The van der Waals surface area contributed by atoms with E-state index in [0.717, 1.165) is 11.4 Å². The fourth-order valence-electron chi connectivity index (χ4n) is 5.41. The Labute approximate surface area is 221 Å². The number of nitrogens with one attached hydrogen (secondary N) is 1. The Bertz CT molecular complexity index is 1570. The van der Waals surface area contributed by atoms with Crippen LogP contribution >= 0.6 is 23.8 Å². The average Bonchev–Trinajstić information content (AvgIpc) is 3.39. The van der Waals surface area contributed by atoms with E-state index in [0.29, 0.717) is 10.1 Å². The maximum Gasteiger partial charge on any atom is 0.174 e. The lowest BCUT2D eigenvalue weighted by Gasteiger charge is -2.28. The second-order valence-electron chi connectivity index (χ2n) is 9.13. The molecule has 3 aromatic carbocycles. The third-order valence-electron chi connectivity index (χ3n) is 7.00. The zero-order valence-electron chi connectivity index (χ0n) is 20.0. The van der Waals surface area contributed by atoms with Crippen LogP contribution in [0, 0.1) is 13.8 Å². The van der Waals surface area contributed by atoms with Crippen molar-refractivity contribution in [3.05, 3.63) is 125 Å². The van der Waals surface area contributed by atoms with E-state index < -0.39 is 0 Å². The number of aryl methyl sites for hydroxylation is 1. The molecule has 3 heterocycles. The highest BCUT2D eigenvalue weighted by molar-refractivity contribution is 7.80. The first-order valence-electron chi connectivity index (χ1n) is 12.0. The van der Waals surface area contributed by atoms with Crippen molar-refractivity contribution in [1.29, 1.82) is 0 Å². The minimum Gasteiger partial charge on any atom is -0.351 e. The van der Waals surface area contributed by atoms with Crippen molar-refractivity contribution in [3.63, 3.8) is 0 Å². The average molecular weight is 509 g/mol. The third kappa shape index (κ3) is 3.76. The van der Waals surface area contributed by atoms with Gasteiger partial charge in [0.1, 0.15) is 0 Å². The number of hydrogen-bond donors (Lipinski definition) is 1. The molecular formula is C30H25ClN4S. The smallest absolute Gasteiger partial charge is 0.174 e. The molecule has 4 nitrogen and oxygen atoms in total. The quantitative estimate of drug-likeness (QED) is 0.255. The Kier molecular flexibility index (Phi) is 5.75. The van der Waals surface area contributed by atoms with Gasteiger partial charge in [-0.3, -0.25) is 4.98 Å². The van der Waals surface area contributed by atoms with Gasteiger partial charge in [0, 0.05) is 33.7 Å². The predicted octanol–water partition coefficient (Wildman–Crippen LogP) is 7.47. The Balaban J connectivity index is 1.55. The highest BCUT2D eigenvalue weighted by Gasteiger charge is 2.42. The van der Waals surface area contributed by atoms with Crippen molar-refractivity contribution in [3.8, 4) is 5.69 Å². The fourth-order valence-corrected chi connectivity index (χ4v) is 5.88. The Morgan fingerprint density at radius 2 is 1.64 bits per heavy atom. The summed E-state index contributed by atoms with van der Waals surface area (Å²) in [4.78, 5) is 6.89. The number of anilines is 1. The molecule has 0 amide bonds. The summed E-state index contributed by atoms with van der Waals surface area (Å²) in [5.74, 6) is 0. The fraction of sp³-hybridized carbons (Fsp3) is 0.133. The highest BCUT2D eigenvalue weighted by Crippen LogP contribution is 2.44. The molecule has 0 aliphatic carbocycles. The van der Waals surface area contributed by atoms with Crippen molar-refractivity contribution in [1.82, 2.24) is 14.9 Å². The second kappa shape index (κ2) is 9.08. The zero-order chi connectivity index (χ0) is 24.8.